The molecule has 0 radical (unpaired) electrons. The lowest BCUT2D eigenvalue weighted by atomic mass is 10.3. The number of hydrogen-bond acceptors (Lipinski definition) is 2. The summed E-state index contributed by atoms with van der Waals surface area (Å²) in [4.78, 5) is 4.29. The molecule has 0 aromatic carbocycles. The van der Waals surface area contributed by atoms with Gasteiger partial charge < -0.3 is 10.2 Å². The van der Waals surface area contributed by atoms with Crippen LogP contribution in [0.5, 0.6) is 0 Å². The zero-order valence-corrected chi connectivity index (χ0v) is 7.79. The molecule has 0 bridgehead atoms. The molecule has 0 spiro atoms. The first-order chi connectivity index (χ1) is 6.27. The van der Waals surface area contributed by atoms with Gasteiger partial charge in [0, 0.05) is 5.92 Å². The molecule has 70 valence electrons. The first-order valence-corrected chi connectivity index (χ1v) is 4.60. The van der Waals surface area contributed by atoms with Gasteiger partial charge in [-0.05, 0) is 31.4 Å². The quantitative estimate of drug-likeness (QED) is 0.567. The molecule has 0 atom stereocenters. The van der Waals surface area contributed by atoms with Crippen molar-refractivity contribution >= 4 is 5.84 Å². The van der Waals surface area contributed by atoms with Crippen LogP contribution >= 0.6 is 0 Å². The molecule has 1 aliphatic carbocycles. The zero-order chi connectivity index (χ0) is 9.26. The van der Waals surface area contributed by atoms with E-state index in [1.807, 2.05) is 13.0 Å². The number of nitrogens with two attached hydrogens (primary N) is 1. The lowest BCUT2D eigenvalue weighted by molar-refractivity contribution is 0.509. The summed E-state index contributed by atoms with van der Waals surface area (Å²) in [7, 11) is 0. The first-order valence-electron chi connectivity index (χ1n) is 4.60. The Bertz CT molecular complexity index is 323. The van der Waals surface area contributed by atoms with E-state index >= 15 is 0 Å². The van der Waals surface area contributed by atoms with Crippen molar-refractivity contribution in [2.75, 3.05) is 0 Å². The van der Waals surface area contributed by atoms with Crippen LogP contribution in [0.15, 0.2) is 21.7 Å². The molecule has 0 unspecified atom stereocenters. The van der Waals surface area contributed by atoms with Gasteiger partial charge in [0.2, 0.25) is 0 Å². The van der Waals surface area contributed by atoms with E-state index in [0.29, 0.717) is 12.5 Å². The average molecular weight is 178 g/mol. The van der Waals surface area contributed by atoms with E-state index in [2.05, 4.69) is 4.99 Å². The number of nitrogens with zero attached hydrogens (tertiary/aromatic N) is 1. The predicted molar refractivity (Wildman–Crippen MR) is 51.5 cm³/mol. The molecule has 0 aliphatic heterocycles. The van der Waals surface area contributed by atoms with Gasteiger partial charge in [0.1, 0.15) is 5.76 Å². The molecule has 13 heavy (non-hydrogen) atoms. The number of aliphatic imine (C=N–C) groups is 1. The summed E-state index contributed by atoms with van der Waals surface area (Å²) in [6, 6.07) is 1.94. The first kappa shape index (κ1) is 8.35. The van der Waals surface area contributed by atoms with Crippen molar-refractivity contribution in [2.24, 2.45) is 16.6 Å². The molecule has 1 aromatic heterocycles. The fraction of sp³-hybridized carbons (Fsp3) is 0.500. The fourth-order valence-corrected chi connectivity index (χ4v) is 1.24. The summed E-state index contributed by atoms with van der Waals surface area (Å²) >= 11 is 0. The number of amidine groups is 1. The van der Waals surface area contributed by atoms with Crippen LogP contribution in [0.2, 0.25) is 0 Å². The Morgan fingerprint density at radius 2 is 2.46 bits per heavy atom. The highest BCUT2D eigenvalue weighted by Crippen LogP contribution is 2.29. The van der Waals surface area contributed by atoms with Crippen LogP contribution < -0.4 is 5.73 Å². The Morgan fingerprint density at radius 1 is 1.69 bits per heavy atom. The van der Waals surface area contributed by atoms with Crippen molar-refractivity contribution in [1.29, 1.82) is 0 Å². The Morgan fingerprint density at radius 3 is 3.00 bits per heavy atom. The maximum Gasteiger partial charge on any atom is 0.128 e. The van der Waals surface area contributed by atoms with Gasteiger partial charge in [-0.25, -0.2) is 0 Å². The molecule has 1 heterocycles. The molecule has 2 N–H and O–H groups in total. The Balaban J connectivity index is 1.98. The van der Waals surface area contributed by atoms with Gasteiger partial charge in [-0.1, -0.05) is 0 Å². The second-order valence-electron chi connectivity index (χ2n) is 3.54. The number of hydrogen-bond donors (Lipinski definition) is 1. The van der Waals surface area contributed by atoms with E-state index in [-0.39, 0.29) is 0 Å². The molecule has 2 rings (SSSR count). The number of rotatable bonds is 3. The highest BCUT2D eigenvalue weighted by atomic mass is 16.3. The van der Waals surface area contributed by atoms with E-state index in [1.54, 1.807) is 6.26 Å². The zero-order valence-electron chi connectivity index (χ0n) is 7.79. The van der Waals surface area contributed by atoms with Gasteiger partial charge in [-0.2, -0.15) is 0 Å². The van der Waals surface area contributed by atoms with Crippen molar-refractivity contribution in [1.82, 2.24) is 0 Å². The third-order valence-corrected chi connectivity index (χ3v) is 2.37. The monoisotopic (exact) mass is 178 g/mol. The number of furan rings is 1. The van der Waals surface area contributed by atoms with Gasteiger partial charge >= 0.3 is 0 Å². The average Bonchev–Trinajstić information content (AvgIpc) is 2.88. The van der Waals surface area contributed by atoms with E-state index in [0.717, 1.165) is 17.2 Å². The third-order valence-electron chi connectivity index (χ3n) is 2.37. The standard InChI is InChI=1S/C10H14N2O/c1-7-4-5-13-9(7)6-12-10(11)8-2-3-8/h4-5,8H,2-3,6H2,1H3,(H2,11,12). The summed E-state index contributed by atoms with van der Waals surface area (Å²) < 4.78 is 5.25. The van der Waals surface area contributed by atoms with Gasteiger partial charge in [0.25, 0.3) is 0 Å². The third kappa shape index (κ3) is 1.91. The van der Waals surface area contributed by atoms with Crippen molar-refractivity contribution in [3.05, 3.63) is 23.7 Å². The molecule has 1 aliphatic rings. The predicted octanol–water partition coefficient (Wildman–Crippen LogP) is 1.86. The second-order valence-corrected chi connectivity index (χ2v) is 3.54. The maximum absolute atomic E-state index is 5.75. The molecule has 0 saturated heterocycles. The molecule has 1 fully saturated rings. The smallest absolute Gasteiger partial charge is 0.128 e. The summed E-state index contributed by atoms with van der Waals surface area (Å²) in [5.74, 6) is 2.26. The minimum atomic E-state index is 0.551. The van der Waals surface area contributed by atoms with Gasteiger partial charge in [-0.3, -0.25) is 4.99 Å². The Kier molecular flexibility index (Phi) is 2.08. The summed E-state index contributed by atoms with van der Waals surface area (Å²) in [6.45, 7) is 2.60. The minimum absolute atomic E-state index is 0.551. The molecular weight excluding hydrogens is 164 g/mol. The maximum atomic E-state index is 5.75. The summed E-state index contributed by atoms with van der Waals surface area (Å²) in [5, 5.41) is 0. The SMILES string of the molecule is Cc1ccoc1CN=C(N)C1CC1. The Labute approximate surface area is 77.6 Å². The highest BCUT2D eigenvalue weighted by molar-refractivity contribution is 5.84. The Hall–Kier alpha value is -1.25. The molecule has 1 aromatic rings. The molecule has 3 nitrogen and oxygen atoms in total. The van der Waals surface area contributed by atoms with Crippen LogP contribution in [-0.4, -0.2) is 5.84 Å². The van der Waals surface area contributed by atoms with Crippen LogP contribution in [0.3, 0.4) is 0 Å². The van der Waals surface area contributed by atoms with Gasteiger partial charge in [0.05, 0.1) is 18.6 Å². The van der Waals surface area contributed by atoms with Crippen molar-refractivity contribution < 1.29 is 4.42 Å². The van der Waals surface area contributed by atoms with Crippen LogP contribution in [0.25, 0.3) is 0 Å². The van der Waals surface area contributed by atoms with Crippen LogP contribution in [0, 0.1) is 12.8 Å². The fourth-order valence-electron chi connectivity index (χ4n) is 1.24. The number of aryl methyl sites for hydroxylation is 1. The van der Waals surface area contributed by atoms with Crippen LogP contribution in [0.1, 0.15) is 24.2 Å². The van der Waals surface area contributed by atoms with Crippen LogP contribution in [-0.2, 0) is 6.54 Å². The van der Waals surface area contributed by atoms with E-state index in [9.17, 15) is 0 Å². The lowest BCUT2D eigenvalue weighted by Crippen LogP contribution is -2.14. The van der Waals surface area contributed by atoms with E-state index < -0.39 is 0 Å². The lowest BCUT2D eigenvalue weighted by Gasteiger charge is -1.96. The molecular formula is C10H14N2O. The molecule has 3 heteroatoms. The van der Waals surface area contributed by atoms with Gasteiger partial charge in [-0.15, -0.1) is 0 Å². The normalized spacial score (nSPS) is 17.8. The topological polar surface area (TPSA) is 51.5 Å². The highest BCUT2D eigenvalue weighted by Gasteiger charge is 2.25. The summed E-state index contributed by atoms with van der Waals surface area (Å²) in [5.41, 5.74) is 6.90. The van der Waals surface area contributed by atoms with Crippen LogP contribution in [0.4, 0.5) is 0 Å². The minimum Gasteiger partial charge on any atom is -0.467 e. The van der Waals surface area contributed by atoms with Crippen molar-refractivity contribution in [3.8, 4) is 0 Å². The largest absolute Gasteiger partial charge is 0.467 e. The molecule has 0 amide bonds. The van der Waals surface area contributed by atoms with Crippen molar-refractivity contribution in [3.63, 3.8) is 0 Å². The molecule has 1 saturated carbocycles. The second kappa shape index (κ2) is 3.24. The van der Waals surface area contributed by atoms with Crippen molar-refractivity contribution in [2.45, 2.75) is 26.3 Å². The van der Waals surface area contributed by atoms with Gasteiger partial charge in [0.15, 0.2) is 0 Å². The van der Waals surface area contributed by atoms with E-state index in [4.69, 9.17) is 10.2 Å². The summed E-state index contributed by atoms with van der Waals surface area (Å²) in [6.07, 6.45) is 4.09. The van der Waals surface area contributed by atoms with E-state index in [1.165, 1.54) is 12.8 Å².